The highest BCUT2D eigenvalue weighted by molar-refractivity contribution is 5.70. The zero-order chi connectivity index (χ0) is 13.7. The quantitative estimate of drug-likeness (QED) is 0.881. The van der Waals surface area contributed by atoms with Gasteiger partial charge in [-0.3, -0.25) is 4.79 Å². The Kier molecular flexibility index (Phi) is 4.83. The lowest BCUT2D eigenvalue weighted by molar-refractivity contribution is -0.145. The molecule has 3 heteroatoms. The average Bonchev–Trinajstić information content (AvgIpc) is 2.42. The topological polar surface area (TPSA) is 46.5 Å². The van der Waals surface area contributed by atoms with Crippen LogP contribution in [0, 0.1) is 18.8 Å². The fourth-order valence-electron chi connectivity index (χ4n) is 2.77. The van der Waals surface area contributed by atoms with Crippen molar-refractivity contribution in [2.24, 2.45) is 11.8 Å². The molecule has 1 fully saturated rings. The van der Waals surface area contributed by atoms with E-state index in [4.69, 9.17) is 4.74 Å². The van der Waals surface area contributed by atoms with Crippen LogP contribution in [0.4, 0.5) is 0 Å². The van der Waals surface area contributed by atoms with Crippen molar-refractivity contribution in [2.75, 3.05) is 6.61 Å². The Labute approximate surface area is 114 Å². The number of carboxylic acids is 1. The van der Waals surface area contributed by atoms with E-state index < -0.39 is 5.97 Å². The van der Waals surface area contributed by atoms with Crippen molar-refractivity contribution in [3.05, 3.63) is 29.8 Å². The Morgan fingerprint density at radius 1 is 1.26 bits per heavy atom. The first-order valence-electron chi connectivity index (χ1n) is 7.09. The van der Waals surface area contributed by atoms with Crippen LogP contribution in [0.5, 0.6) is 5.75 Å². The van der Waals surface area contributed by atoms with Gasteiger partial charge >= 0.3 is 5.97 Å². The highest BCUT2D eigenvalue weighted by Gasteiger charge is 2.29. The molecule has 1 unspecified atom stereocenters. The van der Waals surface area contributed by atoms with Gasteiger partial charge in [-0.05, 0) is 37.8 Å². The highest BCUT2D eigenvalue weighted by atomic mass is 16.5. The van der Waals surface area contributed by atoms with Crippen molar-refractivity contribution in [1.82, 2.24) is 0 Å². The molecule has 1 aliphatic carbocycles. The van der Waals surface area contributed by atoms with Gasteiger partial charge < -0.3 is 9.84 Å². The number of carboxylic acid groups (broad SMARTS) is 1. The summed E-state index contributed by atoms with van der Waals surface area (Å²) >= 11 is 0. The highest BCUT2D eigenvalue weighted by Crippen LogP contribution is 2.30. The average molecular weight is 262 g/mol. The number of carbonyl (C=O) groups is 1. The van der Waals surface area contributed by atoms with Crippen molar-refractivity contribution in [3.8, 4) is 5.75 Å². The van der Waals surface area contributed by atoms with Crippen molar-refractivity contribution < 1.29 is 14.6 Å². The van der Waals surface area contributed by atoms with Gasteiger partial charge in [0, 0.05) is 0 Å². The summed E-state index contributed by atoms with van der Waals surface area (Å²) in [7, 11) is 0. The molecule has 0 saturated heterocycles. The van der Waals surface area contributed by atoms with E-state index in [9.17, 15) is 9.90 Å². The number of ether oxygens (including phenoxy) is 1. The monoisotopic (exact) mass is 262 g/mol. The van der Waals surface area contributed by atoms with E-state index in [1.165, 1.54) is 12.0 Å². The summed E-state index contributed by atoms with van der Waals surface area (Å²) in [5.74, 6) is -0.0648. The van der Waals surface area contributed by atoms with Gasteiger partial charge in [-0.15, -0.1) is 0 Å². The van der Waals surface area contributed by atoms with Crippen LogP contribution in [0.3, 0.4) is 0 Å². The van der Waals surface area contributed by atoms with Gasteiger partial charge in [0.25, 0.3) is 0 Å². The molecular formula is C16H22O3. The maximum atomic E-state index is 11.4. The minimum absolute atomic E-state index is 0.275. The number of hydrogen-bond donors (Lipinski definition) is 1. The molecule has 104 valence electrons. The van der Waals surface area contributed by atoms with E-state index in [-0.39, 0.29) is 18.4 Å². The summed E-state index contributed by atoms with van der Waals surface area (Å²) in [6.07, 6.45) is 5.59. The smallest absolute Gasteiger partial charge is 0.310 e. The fourth-order valence-corrected chi connectivity index (χ4v) is 2.77. The van der Waals surface area contributed by atoms with Crippen LogP contribution in [0.1, 0.15) is 37.7 Å². The van der Waals surface area contributed by atoms with Gasteiger partial charge in [0.2, 0.25) is 0 Å². The fraction of sp³-hybridized carbons (Fsp3) is 0.562. The molecule has 1 aromatic carbocycles. The van der Waals surface area contributed by atoms with Crippen LogP contribution in [-0.4, -0.2) is 17.7 Å². The molecule has 0 heterocycles. The van der Waals surface area contributed by atoms with Crippen LogP contribution >= 0.6 is 0 Å². The molecule has 1 aliphatic rings. The Balaban J connectivity index is 1.93. The Morgan fingerprint density at radius 2 is 1.89 bits per heavy atom. The molecule has 1 aromatic rings. The predicted octanol–water partition coefficient (Wildman–Crippen LogP) is 3.65. The zero-order valence-corrected chi connectivity index (χ0v) is 11.5. The van der Waals surface area contributed by atoms with Gasteiger partial charge in [0.15, 0.2) is 0 Å². The van der Waals surface area contributed by atoms with E-state index in [1.54, 1.807) is 0 Å². The van der Waals surface area contributed by atoms with Gasteiger partial charge in [0.1, 0.15) is 12.4 Å². The molecule has 0 aromatic heterocycles. The summed E-state index contributed by atoms with van der Waals surface area (Å²) in [4.78, 5) is 11.4. The Morgan fingerprint density at radius 3 is 2.47 bits per heavy atom. The van der Waals surface area contributed by atoms with E-state index in [0.717, 1.165) is 31.4 Å². The number of aliphatic carboxylic acids is 1. The predicted molar refractivity (Wildman–Crippen MR) is 74.4 cm³/mol. The van der Waals surface area contributed by atoms with Crippen molar-refractivity contribution in [2.45, 2.75) is 39.0 Å². The molecular weight excluding hydrogens is 240 g/mol. The van der Waals surface area contributed by atoms with Gasteiger partial charge in [-0.2, -0.15) is 0 Å². The molecule has 0 bridgehead atoms. The first-order valence-corrected chi connectivity index (χ1v) is 7.09. The Hall–Kier alpha value is -1.51. The summed E-state index contributed by atoms with van der Waals surface area (Å²) in [6, 6.07) is 7.75. The first kappa shape index (κ1) is 13.9. The number of aryl methyl sites for hydroxylation is 1. The van der Waals surface area contributed by atoms with Gasteiger partial charge in [0.05, 0.1) is 5.92 Å². The second kappa shape index (κ2) is 6.60. The number of hydrogen-bond acceptors (Lipinski definition) is 2. The van der Waals surface area contributed by atoms with E-state index in [0.29, 0.717) is 0 Å². The molecule has 0 amide bonds. The normalized spacial score (nSPS) is 17.9. The third-order valence-corrected chi connectivity index (χ3v) is 3.99. The minimum atomic E-state index is -0.723. The lowest BCUT2D eigenvalue weighted by Gasteiger charge is -2.27. The lowest BCUT2D eigenvalue weighted by atomic mass is 9.80. The summed E-state index contributed by atoms with van der Waals surface area (Å²) in [6.45, 7) is 2.30. The molecule has 3 nitrogen and oxygen atoms in total. The molecule has 1 saturated carbocycles. The number of benzene rings is 1. The molecule has 0 radical (unpaired) electrons. The van der Waals surface area contributed by atoms with Crippen molar-refractivity contribution in [1.29, 1.82) is 0 Å². The molecule has 19 heavy (non-hydrogen) atoms. The summed E-state index contributed by atoms with van der Waals surface area (Å²) in [5.41, 5.74) is 1.18. The maximum Gasteiger partial charge on any atom is 0.310 e. The van der Waals surface area contributed by atoms with Crippen molar-refractivity contribution in [3.63, 3.8) is 0 Å². The molecule has 0 aliphatic heterocycles. The molecule has 2 rings (SSSR count). The zero-order valence-electron chi connectivity index (χ0n) is 11.5. The van der Waals surface area contributed by atoms with Crippen LogP contribution < -0.4 is 4.74 Å². The molecule has 1 atom stereocenters. The SMILES string of the molecule is Cc1ccc(OCC(C(=O)O)C2CCCCC2)cc1. The lowest BCUT2D eigenvalue weighted by Crippen LogP contribution is -2.30. The van der Waals surface area contributed by atoms with Gasteiger partial charge in [-0.1, -0.05) is 37.0 Å². The molecule has 1 N–H and O–H groups in total. The summed E-state index contributed by atoms with van der Waals surface area (Å²) in [5, 5.41) is 9.37. The van der Waals surface area contributed by atoms with Gasteiger partial charge in [-0.25, -0.2) is 0 Å². The summed E-state index contributed by atoms with van der Waals surface area (Å²) < 4.78 is 5.66. The number of rotatable bonds is 5. The Bertz CT molecular complexity index is 405. The van der Waals surface area contributed by atoms with Crippen LogP contribution in [0.2, 0.25) is 0 Å². The third kappa shape index (κ3) is 3.98. The van der Waals surface area contributed by atoms with Crippen LogP contribution in [0.25, 0.3) is 0 Å². The molecule has 0 spiro atoms. The van der Waals surface area contributed by atoms with E-state index in [2.05, 4.69) is 0 Å². The second-order valence-corrected chi connectivity index (χ2v) is 5.47. The maximum absolute atomic E-state index is 11.4. The second-order valence-electron chi connectivity index (χ2n) is 5.47. The third-order valence-electron chi connectivity index (χ3n) is 3.99. The van der Waals surface area contributed by atoms with E-state index >= 15 is 0 Å². The minimum Gasteiger partial charge on any atom is -0.493 e. The van der Waals surface area contributed by atoms with Crippen LogP contribution in [-0.2, 0) is 4.79 Å². The first-order chi connectivity index (χ1) is 9.16. The van der Waals surface area contributed by atoms with E-state index in [1.807, 2.05) is 31.2 Å². The largest absolute Gasteiger partial charge is 0.493 e. The van der Waals surface area contributed by atoms with Crippen molar-refractivity contribution >= 4 is 5.97 Å². The standard InChI is InChI=1S/C16H22O3/c1-12-7-9-14(10-8-12)19-11-15(16(17)18)13-5-3-2-4-6-13/h7-10,13,15H,2-6,11H2,1H3,(H,17,18). The van der Waals surface area contributed by atoms with Crippen LogP contribution in [0.15, 0.2) is 24.3 Å².